The molecule has 9 nitrogen and oxygen atoms in total. The van der Waals surface area contributed by atoms with Gasteiger partial charge in [0.25, 0.3) is 5.91 Å². The Morgan fingerprint density at radius 1 is 1.03 bits per heavy atom. The minimum absolute atomic E-state index is 0.0882. The molecule has 0 bridgehead atoms. The van der Waals surface area contributed by atoms with Crippen molar-refractivity contribution >= 4 is 11.6 Å². The Balaban J connectivity index is 1.43. The first-order valence-corrected chi connectivity index (χ1v) is 8.80. The minimum Gasteiger partial charge on any atom is -0.433 e. The number of aromatic nitrogens is 6. The molecule has 1 amide bonds. The average molecular weight is 411 g/mol. The molecule has 0 unspecified atom stereocenters. The summed E-state index contributed by atoms with van der Waals surface area (Å²) in [5.41, 5.74) is 1.03. The molecule has 30 heavy (non-hydrogen) atoms. The topological polar surface area (TPSA) is 99.8 Å². The van der Waals surface area contributed by atoms with Crippen LogP contribution in [0.5, 0.6) is 5.75 Å². The van der Waals surface area contributed by atoms with E-state index in [1.807, 2.05) is 30.3 Å². The maximum atomic E-state index is 12.5. The third-order valence-corrected chi connectivity index (χ3v) is 3.98. The number of hydrogen-bond donors (Lipinski definition) is 1. The first-order valence-electron chi connectivity index (χ1n) is 8.80. The molecule has 152 valence electrons. The van der Waals surface area contributed by atoms with Gasteiger partial charge in [0, 0.05) is 11.8 Å². The highest BCUT2D eigenvalue weighted by atomic mass is 19.3. The molecular weight excluding hydrogens is 396 g/mol. The number of ether oxygens (including phenoxy) is 1. The zero-order chi connectivity index (χ0) is 20.9. The van der Waals surface area contributed by atoms with E-state index in [1.54, 1.807) is 12.3 Å². The number of para-hydroxylation sites is 2. The molecule has 2 heterocycles. The Morgan fingerprint density at radius 3 is 2.60 bits per heavy atom. The second-order valence-electron chi connectivity index (χ2n) is 6.06. The summed E-state index contributed by atoms with van der Waals surface area (Å²) in [5.74, 6) is -0.243. The van der Waals surface area contributed by atoms with Crippen molar-refractivity contribution in [2.24, 2.45) is 0 Å². The van der Waals surface area contributed by atoms with Crippen LogP contribution in [0.4, 0.5) is 14.5 Å². The van der Waals surface area contributed by atoms with Gasteiger partial charge in [-0.2, -0.15) is 13.9 Å². The number of carbonyl (C=O) groups is 1. The van der Waals surface area contributed by atoms with Crippen LogP contribution in [0.1, 0.15) is 10.5 Å². The molecular formula is C19H15F2N7O2. The fourth-order valence-corrected chi connectivity index (χ4v) is 2.65. The number of alkyl halides is 2. The molecule has 4 rings (SSSR count). The molecule has 0 radical (unpaired) electrons. The second-order valence-corrected chi connectivity index (χ2v) is 6.06. The molecule has 0 aliphatic heterocycles. The van der Waals surface area contributed by atoms with Crippen molar-refractivity contribution in [2.45, 2.75) is 13.3 Å². The number of benzene rings is 2. The predicted octanol–water partition coefficient (Wildman–Crippen LogP) is 2.90. The van der Waals surface area contributed by atoms with Gasteiger partial charge < -0.3 is 10.1 Å². The van der Waals surface area contributed by atoms with Gasteiger partial charge in [0.15, 0.2) is 12.4 Å². The van der Waals surface area contributed by atoms with Crippen LogP contribution < -0.4 is 10.1 Å². The summed E-state index contributed by atoms with van der Waals surface area (Å²) in [4.78, 5) is 13.8. The number of amides is 1. The zero-order valence-electron chi connectivity index (χ0n) is 15.4. The minimum atomic E-state index is -3.00. The van der Waals surface area contributed by atoms with Crippen LogP contribution in [0.15, 0.2) is 66.9 Å². The smallest absolute Gasteiger partial charge is 0.387 e. The van der Waals surface area contributed by atoms with E-state index in [-0.39, 0.29) is 23.8 Å². The molecule has 1 N–H and O–H groups in total. The fraction of sp³-hybridized carbons (Fsp3) is 0.105. The van der Waals surface area contributed by atoms with Crippen molar-refractivity contribution in [1.29, 1.82) is 0 Å². The Bertz CT molecular complexity index is 1140. The van der Waals surface area contributed by atoms with Crippen LogP contribution in [0.2, 0.25) is 0 Å². The van der Waals surface area contributed by atoms with E-state index in [9.17, 15) is 13.6 Å². The lowest BCUT2D eigenvalue weighted by Crippen LogP contribution is -2.16. The van der Waals surface area contributed by atoms with Crippen LogP contribution in [-0.2, 0) is 6.67 Å². The molecule has 0 fully saturated rings. The number of nitrogens with zero attached hydrogens (tertiary/aromatic N) is 6. The summed E-state index contributed by atoms with van der Waals surface area (Å²) >= 11 is 0. The number of anilines is 1. The Kier molecular flexibility index (Phi) is 5.42. The van der Waals surface area contributed by atoms with E-state index >= 15 is 0 Å². The number of nitrogens with one attached hydrogen (secondary N) is 1. The monoisotopic (exact) mass is 411 g/mol. The van der Waals surface area contributed by atoms with Crippen molar-refractivity contribution in [3.8, 4) is 17.1 Å². The van der Waals surface area contributed by atoms with E-state index in [4.69, 9.17) is 0 Å². The van der Waals surface area contributed by atoms with E-state index in [1.165, 1.54) is 33.7 Å². The van der Waals surface area contributed by atoms with Gasteiger partial charge in [-0.25, -0.2) is 4.68 Å². The van der Waals surface area contributed by atoms with Gasteiger partial charge in [0.05, 0.1) is 5.69 Å². The van der Waals surface area contributed by atoms with Gasteiger partial charge in [-0.05, 0) is 23.4 Å². The summed E-state index contributed by atoms with van der Waals surface area (Å²) in [7, 11) is 0. The average Bonchev–Trinajstić information content (AvgIpc) is 3.40. The molecule has 0 spiro atoms. The predicted molar refractivity (Wildman–Crippen MR) is 102 cm³/mol. The summed E-state index contributed by atoms with van der Waals surface area (Å²) < 4.78 is 30.9. The summed E-state index contributed by atoms with van der Waals surface area (Å²) in [6, 6.07) is 16.8. The molecule has 0 atom stereocenters. The van der Waals surface area contributed by atoms with Crippen LogP contribution >= 0.6 is 0 Å². The lowest BCUT2D eigenvalue weighted by molar-refractivity contribution is -0.0493. The van der Waals surface area contributed by atoms with Gasteiger partial charge in [0.1, 0.15) is 5.75 Å². The van der Waals surface area contributed by atoms with Crippen molar-refractivity contribution in [3.63, 3.8) is 0 Å². The van der Waals surface area contributed by atoms with Gasteiger partial charge in [-0.3, -0.25) is 4.79 Å². The highest BCUT2D eigenvalue weighted by molar-refractivity contribution is 6.03. The summed E-state index contributed by atoms with van der Waals surface area (Å²) in [6.45, 7) is -2.86. The lowest BCUT2D eigenvalue weighted by atomic mass is 10.2. The number of halogens is 2. The fourth-order valence-electron chi connectivity index (χ4n) is 2.65. The zero-order valence-corrected chi connectivity index (χ0v) is 15.4. The third kappa shape index (κ3) is 4.46. The number of rotatable bonds is 7. The third-order valence-electron chi connectivity index (χ3n) is 3.98. The van der Waals surface area contributed by atoms with E-state index < -0.39 is 12.5 Å². The number of carbonyl (C=O) groups excluding carboxylic acids is 1. The quantitative estimate of drug-likeness (QED) is 0.502. The SMILES string of the molecule is O=C(Nc1ccccc1OC(F)F)c1ccn(Cn2nnc(-c3ccccc3)n2)n1. The number of tetrazole rings is 1. The van der Waals surface area contributed by atoms with E-state index in [0.717, 1.165) is 5.56 Å². The van der Waals surface area contributed by atoms with Gasteiger partial charge in [0.2, 0.25) is 5.82 Å². The maximum Gasteiger partial charge on any atom is 0.387 e. The second kappa shape index (κ2) is 8.47. The molecule has 2 aromatic carbocycles. The summed E-state index contributed by atoms with van der Waals surface area (Å²) in [6.07, 6.45) is 1.57. The van der Waals surface area contributed by atoms with Gasteiger partial charge in [-0.15, -0.1) is 15.0 Å². The molecule has 0 aliphatic rings. The maximum absolute atomic E-state index is 12.5. The van der Waals surface area contributed by atoms with Crippen LogP contribution in [0, 0.1) is 0 Å². The first-order chi connectivity index (χ1) is 14.6. The van der Waals surface area contributed by atoms with Crippen molar-refractivity contribution in [1.82, 2.24) is 30.0 Å². The van der Waals surface area contributed by atoms with Crippen LogP contribution in [-0.4, -0.2) is 42.5 Å². The largest absolute Gasteiger partial charge is 0.433 e. The van der Waals surface area contributed by atoms with Crippen LogP contribution in [0.25, 0.3) is 11.4 Å². The Morgan fingerprint density at radius 2 is 1.80 bits per heavy atom. The van der Waals surface area contributed by atoms with Gasteiger partial charge in [-0.1, -0.05) is 42.5 Å². The molecule has 0 saturated heterocycles. The highest BCUT2D eigenvalue weighted by Gasteiger charge is 2.15. The van der Waals surface area contributed by atoms with Crippen LogP contribution in [0.3, 0.4) is 0 Å². The van der Waals surface area contributed by atoms with Crippen molar-refractivity contribution < 1.29 is 18.3 Å². The standard InChI is InChI=1S/C19H15F2N7O2/c20-19(21)30-16-9-5-4-8-14(16)22-18(29)15-10-11-27(24-15)12-28-25-17(23-26-28)13-6-2-1-3-7-13/h1-11,19H,12H2,(H,22,29). The number of hydrogen-bond acceptors (Lipinski definition) is 6. The molecule has 0 aliphatic carbocycles. The van der Waals surface area contributed by atoms with E-state index in [2.05, 4.69) is 30.6 Å². The first kappa shape index (κ1) is 19.2. The molecule has 2 aromatic heterocycles. The molecule has 4 aromatic rings. The van der Waals surface area contributed by atoms with Crippen molar-refractivity contribution in [2.75, 3.05) is 5.32 Å². The van der Waals surface area contributed by atoms with Gasteiger partial charge >= 0.3 is 6.61 Å². The van der Waals surface area contributed by atoms with Crippen molar-refractivity contribution in [3.05, 3.63) is 72.6 Å². The van der Waals surface area contributed by atoms with E-state index in [0.29, 0.717) is 5.82 Å². The highest BCUT2D eigenvalue weighted by Crippen LogP contribution is 2.25. The molecule has 11 heteroatoms. The Hall–Kier alpha value is -4.15. The lowest BCUT2D eigenvalue weighted by Gasteiger charge is -2.10. The summed E-state index contributed by atoms with van der Waals surface area (Å²) in [5, 5.41) is 18.9. The molecule has 0 saturated carbocycles. The normalized spacial score (nSPS) is 10.9. The Labute approximate surface area is 168 Å².